The molecule has 1 unspecified atom stereocenters. The number of nitrogens with zero attached hydrogens (tertiary/aromatic N) is 3. The molecule has 10 nitrogen and oxygen atoms in total. The highest BCUT2D eigenvalue weighted by Crippen LogP contribution is 2.31. The number of methoxy groups -OCH3 is 1. The smallest absolute Gasteiger partial charge is 0.338 e. The maximum Gasteiger partial charge on any atom is 0.338 e. The number of esters is 1. The predicted octanol–water partition coefficient (Wildman–Crippen LogP) is 2.73. The fraction of sp³-hybridized carbons (Fsp3) is 0.269. The van der Waals surface area contributed by atoms with Crippen LogP contribution in [-0.4, -0.2) is 42.4 Å². The van der Waals surface area contributed by atoms with Gasteiger partial charge in [0.1, 0.15) is 12.4 Å². The summed E-state index contributed by atoms with van der Waals surface area (Å²) in [6.07, 6.45) is 1.59. The molecular formula is C26H25N3O7S. The molecule has 2 heterocycles. The first kappa shape index (κ1) is 26.0. The lowest BCUT2D eigenvalue weighted by atomic mass is 9.96. The second-order valence-corrected chi connectivity index (χ2v) is 9.07. The maximum atomic E-state index is 13.7. The number of aromatic nitrogens is 1. The lowest BCUT2D eigenvalue weighted by Crippen LogP contribution is -2.40. The number of nitro benzene ring substituents is 1. The fourth-order valence-corrected chi connectivity index (χ4v) is 5.03. The summed E-state index contributed by atoms with van der Waals surface area (Å²) in [7, 11) is 1.51. The topological polar surface area (TPSA) is 122 Å². The summed E-state index contributed by atoms with van der Waals surface area (Å²) < 4.78 is 17.7. The largest absolute Gasteiger partial charge is 0.494 e. The van der Waals surface area contributed by atoms with Crippen molar-refractivity contribution >= 4 is 29.1 Å². The van der Waals surface area contributed by atoms with Gasteiger partial charge < -0.3 is 14.2 Å². The average Bonchev–Trinajstić information content (AvgIpc) is 3.18. The Morgan fingerprint density at radius 2 is 1.97 bits per heavy atom. The number of rotatable bonds is 9. The summed E-state index contributed by atoms with van der Waals surface area (Å²) in [5.41, 5.74) is 1.42. The highest BCUT2D eigenvalue weighted by atomic mass is 32.1. The number of nitro groups is 1. The molecule has 0 radical (unpaired) electrons. The van der Waals surface area contributed by atoms with Gasteiger partial charge in [-0.2, -0.15) is 0 Å². The summed E-state index contributed by atoms with van der Waals surface area (Å²) in [6, 6.07) is 12.4. The number of thiazole rings is 1. The molecule has 0 bridgehead atoms. The monoisotopic (exact) mass is 523 g/mol. The molecule has 1 aliphatic heterocycles. The molecule has 1 aliphatic rings. The molecule has 0 saturated carbocycles. The van der Waals surface area contributed by atoms with E-state index in [9.17, 15) is 19.7 Å². The molecule has 3 aromatic rings. The molecule has 0 saturated heterocycles. The lowest BCUT2D eigenvalue weighted by molar-refractivity contribution is -0.384. The molecule has 192 valence electrons. The minimum atomic E-state index is -0.783. The molecule has 0 aliphatic carbocycles. The van der Waals surface area contributed by atoms with Gasteiger partial charge in [0.05, 0.1) is 40.0 Å². The summed E-state index contributed by atoms with van der Waals surface area (Å²) in [5.74, 6) is 0.0689. The van der Waals surface area contributed by atoms with Crippen molar-refractivity contribution in [1.82, 2.24) is 4.57 Å². The average molecular weight is 524 g/mol. The third kappa shape index (κ3) is 5.52. The van der Waals surface area contributed by atoms with Gasteiger partial charge in [-0.05, 0) is 43.2 Å². The summed E-state index contributed by atoms with van der Waals surface area (Å²) >= 11 is 1.15. The number of allylic oxidation sites excluding steroid dienone is 1. The first-order valence-electron chi connectivity index (χ1n) is 11.5. The maximum absolute atomic E-state index is 13.7. The zero-order chi connectivity index (χ0) is 26.5. The van der Waals surface area contributed by atoms with Gasteiger partial charge in [-0.15, -0.1) is 0 Å². The first-order chi connectivity index (χ1) is 17.8. The lowest BCUT2D eigenvalue weighted by Gasteiger charge is -2.25. The Balaban J connectivity index is 1.86. The van der Waals surface area contributed by atoms with Crippen LogP contribution in [0.4, 0.5) is 5.69 Å². The van der Waals surface area contributed by atoms with Gasteiger partial charge >= 0.3 is 5.97 Å². The molecule has 0 fully saturated rings. The normalized spacial score (nSPS) is 15.2. The van der Waals surface area contributed by atoms with E-state index in [1.165, 1.54) is 23.8 Å². The first-order valence-corrected chi connectivity index (χ1v) is 12.3. The van der Waals surface area contributed by atoms with E-state index in [0.29, 0.717) is 38.5 Å². The zero-order valence-electron chi connectivity index (χ0n) is 20.5. The molecule has 4 rings (SSSR count). The van der Waals surface area contributed by atoms with E-state index in [0.717, 1.165) is 11.3 Å². The number of non-ortho nitro benzene ring substituents is 1. The van der Waals surface area contributed by atoms with Crippen LogP contribution < -0.4 is 19.6 Å². The zero-order valence-corrected chi connectivity index (χ0v) is 21.3. The van der Waals surface area contributed by atoms with Crippen LogP contribution in [0.25, 0.3) is 6.08 Å². The predicted molar refractivity (Wildman–Crippen MR) is 137 cm³/mol. The molecule has 1 atom stereocenters. The third-order valence-electron chi connectivity index (χ3n) is 5.65. The number of carbonyl (C=O) groups is 1. The second-order valence-electron chi connectivity index (χ2n) is 8.06. The van der Waals surface area contributed by atoms with Crippen LogP contribution in [0.15, 0.2) is 69.6 Å². The molecule has 0 spiro atoms. The number of carbonyl (C=O) groups excluding carboxylic acids is 1. The minimum absolute atomic E-state index is 0.0549. The molecule has 37 heavy (non-hydrogen) atoms. The third-order valence-corrected chi connectivity index (χ3v) is 6.63. The standard InChI is InChI=1S/C26H25N3O7S/c1-4-35-20-10-8-18(9-11-20)23-22(25(31)36-13-12-34-3)16(2)27-26-28(23)24(30)21(37-26)15-17-6-5-7-19(14-17)29(32)33/h5-11,14-15,23H,4,12-13H2,1-3H3. The summed E-state index contributed by atoms with van der Waals surface area (Å²) in [6.45, 7) is 4.37. The Hall–Kier alpha value is -4.09. The van der Waals surface area contributed by atoms with E-state index in [2.05, 4.69) is 4.99 Å². The summed E-state index contributed by atoms with van der Waals surface area (Å²) in [4.78, 5) is 42.4. The van der Waals surface area contributed by atoms with E-state index in [4.69, 9.17) is 14.2 Å². The molecule has 0 amide bonds. The van der Waals surface area contributed by atoms with E-state index in [1.54, 1.807) is 49.4 Å². The highest BCUT2D eigenvalue weighted by molar-refractivity contribution is 7.07. The van der Waals surface area contributed by atoms with Gasteiger partial charge in [-0.1, -0.05) is 35.6 Å². The Kier molecular flexibility index (Phi) is 7.95. The van der Waals surface area contributed by atoms with Crippen molar-refractivity contribution in [2.45, 2.75) is 19.9 Å². The van der Waals surface area contributed by atoms with Gasteiger partial charge in [0, 0.05) is 19.2 Å². The Morgan fingerprint density at radius 3 is 2.65 bits per heavy atom. The molecule has 0 N–H and O–H groups in total. The van der Waals surface area contributed by atoms with Crippen LogP contribution in [-0.2, 0) is 14.3 Å². The molecule has 2 aromatic carbocycles. The van der Waals surface area contributed by atoms with Crippen molar-refractivity contribution in [3.8, 4) is 5.75 Å². The Labute approximate surface area is 215 Å². The summed E-state index contributed by atoms with van der Waals surface area (Å²) in [5, 5.41) is 11.2. The van der Waals surface area contributed by atoms with Crippen LogP contribution in [0, 0.1) is 10.1 Å². The Morgan fingerprint density at radius 1 is 1.22 bits per heavy atom. The van der Waals surface area contributed by atoms with Gasteiger partial charge in [-0.25, -0.2) is 9.79 Å². The van der Waals surface area contributed by atoms with Gasteiger partial charge in [-0.3, -0.25) is 19.5 Å². The molecular weight excluding hydrogens is 498 g/mol. The number of hydrogen-bond donors (Lipinski definition) is 0. The number of ether oxygens (including phenoxy) is 3. The van der Waals surface area contributed by atoms with E-state index in [-0.39, 0.29) is 30.0 Å². The van der Waals surface area contributed by atoms with Crippen molar-refractivity contribution in [1.29, 1.82) is 0 Å². The molecule has 11 heteroatoms. The SMILES string of the molecule is CCOc1ccc(C2C(C(=O)OCCOC)=C(C)N=c3sc(=Cc4cccc([N+](=O)[O-])c4)c(=O)n32)cc1. The van der Waals surface area contributed by atoms with E-state index >= 15 is 0 Å². The van der Waals surface area contributed by atoms with Crippen molar-refractivity contribution < 1.29 is 23.9 Å². The van der Waals surface area contributed by atoms with Crippen molar-refractivity contribution in [3.63, 3.8) is 0 Å². The number of fused-ring (bicyclic) bond motifs is 1. The quantitative estimate of drug-likeness (QED) is 0.183. The van der Waals surface area contributed by atoms with Crippen LogP contribution in [0.1, 0.15) is 31.0 Å². The second kappa shape index (κ2) is 11.3. The van der Waals surface area contributed by atoms with E-state index in [1.807, 2.05) is 6.92 Å². The Bertz CT molecular complexity index is 1540. The van der Waals surface area contributed by atoms with Crippen molar-refractivity contribution in [2.75, 3.05) is 26.9 Å². The minimum Gasteiger partial charge on any atom is -0.494 e. The molecule has 1 aromatic heterocycles. The van der Waals surface area contributed by atoms with Crippen LogP contribution >= 0.6 is 11.3 Å². The fourth-order valence-electron chi connectivity index (χ4n) is 3.99. The van der Waals surface area contributed by atoms with Crippen LogP contribution in [0.3, 0.4) is 0 Å². The van der Waals surface area contributed by atoms with Crippen molar-refractivity contribution in [2.24, 2.45) is 4.99 Å². The van der Waals surface area contributed by atoms with Gasteiger partial charge in [0.25, 0.3) is 11.2 Å². The van der Waals surface area contributed by atoms with E-state index < -0.39 is 16.9 Å². The van der Waals surface area contributed by atoms with Crippen LogP contribution in [0.5, 0.6) is 5.75 Å². The highest BCUT2D eigenvalue weighted by Gasteiger charge is 2.33. The van der Waals surface area contributed by atoms with Crippen molar-refractivity contribution in [3.05, 3.63) is 101 Å². The van der Waals surface area contributed by atoms with Gasteiger partial charge in [0.2, 0.25) is 0 Å². The number of hydrogen-bond acceptors (Lipinski definition) is 9. The van der Waals surface area contributed by atoms with Gasteiger partial charge in [0.15, 0.2) is 4.80 Å². The van der Waals surface area contributed by atoms with Crippen LogP contribution in [0.2, 0.25) is 0 Å². The number of benzene rings is 2.